The first-order chi connectivity index (χ1) is 4.33. The highest BCUT2D eigenvalue weighted by atomic mass is 16.5. The first-order valence-electron chi connectivity index (χ1n) is 2.65. The summed E-state index contributed by atoms with van der Waals surface area (Å²) in [6.45, 7) is 0.582. The van der Waals surface area contributed by atoms with Gasteiger partial charge in [0.2, 0.25) is 0 Å². The third-order valence-corrected chi connectivity index (χ3v) is 0.926. The van der Waals surface area contributed by atoms with Crippen LogP contribution in [0, 0.1) is 0 Å². The molecule has 0 aliphatic carbocycles. The second-order valence-corrected chi connectivity index (χ2v) is 1.71. The van der Waals surface area contributed by atoms with Crippen LogP contribution in [-0.4, -0.2) is 12.2 Å². The molecule has 0 aliphatic rings. The summed E-state index contributed by atoms with van der Waals surface area (Å²) in [5.74, 6) is 0.627. The topological polar surface area (TPSA) is 58.0 Å². The molecule has 1 aromatic heterocycles. The van der Waals surface area contributed by atoms with Crippen molar-refractivity contribution in [3.63, 3.8) is 0 Å². The molecule has 4 nitrogen and oxygen atoms in total. The Bertz CT molecular complexity index is 225. The smallest absolute Gasteiger partial charge is 0.280 e. The van der Waals surface area contributed by atoms with E-state index in [1.54, 1.807) is 7.05 Å². The normalized spacial score (nSPS) is 9.89. The Balaban J connectivity index is 2.73. The number of rotatable bonds is 2. The second-order valence-electron chi connectivity index (χ2n) is 1.71. The quantitative estimate of drug-likeness (QED) is 0.574. The first-order valence-corrected chi connectivity index (χ1v) is 2.65. The van der Waals surface area contributed by atoms with Gasteiger partial charge in [-0.3, -0.25) is 4.79 Å². The summed E-state index contributed by atoms with van der Waals surface area (Å²) in [6, 6.07) is 1.41. The molecule has 0 saturated heterocycles. The third-order valence-electron chi connectivity index (χ3n) is 0.926. The summed E-state index contributed by atoms with van der Waals surface area (Å²) >= 11 is 0. The van der Waals surface area contributed by atoms with Crippen LogP contribution >= 0.6 is 0 Å². The van der Waals surface area contributed by atoms with Crippen LogP contribution in [0.25, 0.3) is 0 Å². The molecule has 4 heteroatoms. The third kappa shape index (κ3) is 1.43. The molecule has 0 bridgehead atoms. The monoisotopic (exact) mass is 128 g/mol. The number of hydrogen-bond acceptors (Lipinski definition) is 3. The Morgan fingerprint density at radius 3 is 3.11 bits per heavy atom. The van der Waals surface area contributed by atoms with E-state index >= 15 is 0 Å². The van der Waals surface area contributed by atoms with Crippen LogP contribution in [0.2, 0.25) is 0 Å². The molecule has 0 unspecified atom stereocenters. The zero-order valence-electron chi connectivity index (χ0n) is 5.10. The number of hydrogen-bond donors (Lipinski definition) is 2. The van der Waals surface area contributed by atoms with Gasteiger partial charge in [0.15, 0.2) is 5.76 Å². The summed E-state index contributed by atoms with van der Waals surface area (Å²) in [4.78, 5) is 10.4. The highest BCUT2D eigenvalue weighted by Gasteiger charge is 1.94. The Kier molecular flexibility index (Phi) is 1.69. The molecule has 0 amide bonds. The van der Waals surface area contributed by atoms with Crippen molar-refractivity contribution in [1.29, 1.82) is 0 Å². The molecule has 1 heterocycles. The van der Waals surface area contributed by atoms with Crippen LogP contribution in [0.3, 0.4) is 0 Å². The average molecular weight is 128 g/mol. The van der Waals surface area contributed by atoms with E-state index in [1.165, 1.54) is 6.07 Å². The maximum Gasteiger partial charge on any atom is 0.280 e. The van der Waals surface area contributed by atoms with Gasteiger partial charge >= 0.3 is 0 Å². The average Bonchev–Trinajstić information content (AvgIpc) is 2.17. The largest absolute Gasteiger partial charge is 0.382 e. The van der Waals surface area contributed by atoms with Gasteiger partial charge < -0.3 is 9.84 Å². The molecule has 0 aromatic carbocycles. The van der Waals surface area contributed by atoms with E-state index in [1.807, 2.05) is 0 Å². The summed E-state index contributed by atoms with van der Waals surface area (Å²) in [5.41, 5.74) is -0.194. The minimum Gasteiger partial charge on any atom is -0.382 e. The molecule has 1 rings (SSSR count). The van der Waals surface area contributed by atoms with E-state index in [4.69, 9.17) is 4.52 Å². The number of aromatic nitrogens is 1. The highest BCUT2D eigenvalue weighted by molar-refractivity contribution is 4.92. The lowest BCUT2D eigenvalue weighted by molar-refractivity contribution is 0.373. The lowest BCUT2D eigenvalue weighted by atomic mass is 10.5. The van der Waals surface area contributed by atoms with Crippen molar-refractivity contribution in [2.24, 2.45) is 0 Å². The minimum absolute atomic E-state index is 0.194. The predicted molar refractivity (Wildman–Crippen MR) is 32.1 cm³/mol. The van der Waals surface area contributed by atoms with Crippen LogP contribution in [0.15, 0.2) is 15.4 Å². The van der Waals surface area contributed by atoms with E-state index in [9.17, 15) is 4.79 Å². The zero-order valence-corrected chi connectivity index (χ0v) is 5.10. The molecule has 2 N–H and O–H groups in total. The summed E-state index contributed by atoms with van der Waals surface area (Å²) in [5, 5.41) is 5.03. The van der Waals surface area contributed by atoms with E-state index in [2.05, 4.69) is 10.5 Å². The van der Waals surface area contributed by atoms with Crippen molar-refractivity contribution in [3.05, 3.63) is 22.2 Å². The van der Waals surface area contributed by atoms with E-state index in [-0.39, 0.29) is 5.56 Å². The molecule has 50 valence electrons. The Morgan fingerprint density at radius 2 is 2.67 bits per heavy atom. The fraction of sp³-hybridized carbons (Fsp3) is 0.400. The van der Waals surface area contributed by atoms with Crippen molar-refractivity contribution in [2.75, 3.05) is 7.05 Å². The van der Waals surface area contributed by atoms with Crippen molar-refractivity contribution in [1.82, 2.24) is 10.5 Å². The van der Waals surface area contributed by atoms with Crippen LogP contribution in [0.1, 0.15) is 5.76 Å². The van der Waals surface area contributed by atoms with Gasteiger partial charge in [0.25, 0.3) is 5.56 Å². The Hall–Kier alpha value is -1.03. The van der Waals surface area contributed by atoms with Gasteiger partial charge in [-0.2, -0.15) is 5.16 Å². The zero-order chi connectivity index (χ0) is 6.69. The molecule has 0 aliphatic heterocycles. The van der Waals surface area contributed by atoms with E-state index in [0.717, 1.165) is 0 Å². The van der Waals surface area contributed by atoms with Crippen molar-refractivity contribution < 1.29 is 4.52 Å². The van der Waals surface area contributed by atoms with Gasteiger partial charge in [-0.25, -0.2) is 0 Å². The number of aromatic amines is 1. The lowest BCUT2D eigenvalue weighted by Crippen LogP contribution is -2.04. The SMILES string of the molecule is CNCc1cc(=O)[nH]o1. The van der Waals surface area contributed by atoms with Crippen molar-refractivity contribution in [3.8, 4) is 0 Å². The molecule has 1 aromatic rings. The fourth-order valence-electron chi connectivity index (χ4n) is 0.582. The van der Waals surface area contributed by atoms with E-state index < -0.39 is 0 Å². The van der Waals surface area contributed by atoms with Crippen molar-refractivity contribution >= 4 is 0 Å². The Labute approximate surface area is 51.8 Å². The standard InChI is InChI=1S/C5H8N2O2/c1-6-3-4-2-5(8)7-9-4/h2,6H,3H2,1H3,(H,7,8). The molecule has 9 heavy (non-hydrogen) atoms. The molecule has 0 radical (unpaired) electrons. The molecule has 0 spiro atoms. The molecular formula is C5H8N2O2. The van der Waals surface area contributed by atoms with Crippen LogP contribution in [0.5, 0.6) is 0 Å². The summed E-state index contributed by atoms with van der Waals surface area (Å²) in [7, 11) is 1.78. The predicted octanol–water partition coefficient (Wildman–Crippen LogP) is -0.313. The van der Waals surface area contributed by atoms with Gasteiger partial charge in [-0.15, -0.1) is 0 Å². The number of H-pyrrole nitrogens is 1. The van der Waals surface area contributed by atoms with Gasteiger partial charge in [0.1, 0.15) is 0 Å². The fourth-order valence-corrected chi connectivity index (χ4v) is 0.582. The van der Waals surface area contributed by atoms with Crippen LogP contribution in [0.4, 0.5) is 0 Å². The second kappa shape index (κ2) is 2.50. The van der Waals surface area contributed by atoms with Gasteiger partial charge in [0, 0.05) is 6.07 Å². The molecule has 0 atom stereocenters. The number of nitrogens with one attached hydrogen (secondary N) is 2. The molecule has 0 saturated carbocycles. The maximum atomic E-state index is 10.4. The molecule has 0 fully saturated rings. The Morgan fingerprint density at radius 1 is 1.89 bits per heavy atom. The summed E-state index contributed by atoms with van der Waals surface area (Å²) in [6.07, 6.45) is 0. The minimum atomic E-state index is -0.194. The van der Waals surface area contributed by atoms with Crippen molar-refractivity contribution in [2.45, 2.75) is 6.54 Å². The van der Waals surface area contributed by atoms with Crippen LogP contribution < -0.4 is 10.9 Å². The van der Waals surface area contributed by atoms with Gasteiger partial charge in [-0.1, -0.05) is 0 Å². The van der Waals surface area contributed by atoms with E-state index in [0.29, 0.717) is 12.3 Å². The lowest BCUT2D eigenvalue weighted by Gasteiger charge is -1.87. The van der Waals surface area contributed by atoms with Gasteiger partial charge in [0.05, 0.1) is 6.54 Å². The van der Waals surface area contributed by atoms with Gasteiger partial charge in [-0.05, 0) is 7.05 Å². The first kappa shape index (κ1) is 6.10. The highest BCUT2D eigenvalue weighted by Crippen LogP contribution is 1.88. The maximum absolute atomic E-state index is 10.4. The molecular weight excluding hydrogens is 120 g/mol. The van der Waals surface area contributed by atoms with Crippen LogP contribution in [-0.2, 0) is 6.54 Å². The summed E-state index contributed by atoms with van der Waals surface area (Å²) < 4.78 is 4.70.